The number of hydrogen-bond donors (Lipinski definition) is 2. The molecule has 0 saturated carbocycles. The molecule has 1 unspecified atom stereocenters. The van der Waals surface area contributed by atoms with Gasteiger partial charge >= 0.3 is 5.97 Å². The summed E-state index contributed by atoms with van der Waals surface area (Å²) < 4.78 is 13.1. The van der Waals surface area contributed by atoms with Crippen LogP contribution < -0.4 is 5.32 Å². The molecule has 98 valence electrons. The van der Waals surface area contributed by atoms with Crippen molar-refractivity contribution in [3.05, 3.63) is 34.1 Å². The summed E-state index contributed by atoms with van der Waals surface area (Å²) in [7, 11) is 0. The molecular formula is C11H13FN2O4. The van der Waals surface area contributed by atoms with Crippen LogP contribution in [0.15, 0.2) is 18.2 Å². The van der Waals surface area contributed by atoms with E-state index in [0.29, 0.717) is 6.42 Å². The third kappa shape index (κ3) is 3.69. The van der Waals surface area contributed by atoms with Crippen molar-refractivity contribution in [3.63, 3.8) is 0 Å². The highest BCUT2D eigenvalue weighted by atomic mass is 19.1. The van der Waals surface area contributed by atoms with Gasteiger partial charge in [0.15, 0.2) is 0 Å². The molecule has 7 heteroatoms. The number of aliphatic carboxylic acids is 1. The largest absolute Gasteiger partial charge is 0.481 e. The third-order valence-corrected chi connectivity index (χ3v) is 2.49. The van der Waals surface area contributed by atoms with E-state index in [4.69, 9.17) is 5.11 Å². The van der Waals surface area contributed by atoms with Gasteiger partial charge in [-0.05, 0) is 12.5 Å². The fraction of sp³-hybridized carbons (Fsp3) is 0.364. The zero-order valence-corrected chi connectivity index (χ0v) is 9.72. The van der Waals surface area contributed by atoms with Crippen molar-refractivity contribution < 1.29 is 19.2 Å². The highest BCUT2D eigenvalue weighted by Crippen LogP contribution is 2.20. The lowest BCUT2D eigenvalue weighted by Crippen LogP contribution is -2.22. The number of rotatable bonds is 6. The van der Waals surface area contributed by atoms with Crippen molar-refractivity contribution in [2.75, 3.05) is 11.9 Å². The van der Waals surface area contributed by atoms with E-state index in [-0.39, 0.29) is 17.9 Å². The number of nitro groups is 1. The second-order valence-electron chi connectivity index (χ2n) is 3.78. The Morgan fingerprint density at radius 2 is 2.22 bits per heavy atom. The van der Waals surface area contributed by atoms with Crippen molar-refractivity contribution in [2.45, 2.75) is 13.3 Å². The first kappa shape index (κ1) is 13.9. The van der Waals surface area contributed by atoms with Crippen LogP contribution in [-0.4, -0.2) is 22.5 Å². The van der Waals surface area contributed by atoms with Gasteiger partial charge in [-0.1, -0.05) is 6.92 Å². The number of nitrogens with zero attached hydrogens (tertiary/aromatic N) is 1. The van der Waals surface area contributed by atoms with Crippen LogP contribution in [0.3, 0.4) is 0 Å². The van der Waals surface area contributed by atoms with E-state index in [2.05, 4.69) is 5.32 Å². The van der Waals surface area contributed by atoms with Crippen LogP contribution in [-0.2, 0) is 4.79 Å². The van der Waals surface area contributed by atoms with Crippen LogP contribution in [0.1, 0.15) is 13.3 Å². The second kappa shape index (κ2) is 5.95. The summed E-state index contributed by atoms with van der Waals surface area (Å²) in [5.74, 6) is -2.32. The maximum Gasteiger partial charge on any atom is 0.308 e. The van der Waals surface area contributed by atoms with Crippen molar-refractivity contribution in [1.82, 2.24) is 0 Å². The Kier molecular flexibility index (Phi) is 4.59. The highest BCUT2D eigenvalue weighted by molar-refractivity contribution is 5.70. The molecule has 1 aromatic rings. The number of non-ortho nitro benzene ring substituents is 1. The lowest BCUT2D eigenvalue weighted by molar-refractivity contribution is -0.385. The van der Waals surface area contributed by atoms with Crippen LogP contribution in [0.25, 0.3) is 0 Å². The molecule has 6 nitrogen and oxygen atoms in total. The van der Waals surface area contributed by atoms with E-state index in [0.717, 1.165) is 18.2 Å². The smallest absolute Gasteiger partial charge is 0.308 e. The molecule has 2 N–H and O–H groups in total. The molecule has 0 aliphatic rings. The number of nitrogens with one attached hydrogen (secondary N) is 1. The van der Waals surface area contributed by atoms with Gasteiger partial charge in [-0.2, -0.15) is 0 Å². The van der Waals surface area contributed by atoms with Crippen molar-refractivity contribution in [1.29, 1.82) is 0 Å². The quantitative estimate of drug-likeness (QED) is 0.601. The molecule has 0 radical (unpaired) electrons. The number of carboxylic acid groups (broad SMARTS) is 1. The molecule has 0 amide bonds. The molecule has 1 aromatic carbocycles. The van der Waals surface area contributed by atoms with E-state index in [1.807, 2.05) is 0 Å². The Bertz CT molecular complexity index is 464. The molecule has 0 heterocycles. The number of nitro benzene ring substituents is 1. The summed E-state index contributed by atoms with van der Waals surface area (Å²) in [6, 6.07) is 3.05. The third-order valence-electron chi connectivity index (χ3n) is 2.49. The minimum atomic E-state index is -0.962. The van der Waals surface area contributed by atoms with Crippen LogP contribution in [0.2, 0.25) is 0 Å². The van der Waals surface area contributed by atoms with E-state index < -0.39 is 22.6 Å². The Labute approximate surface area is 103 Å². The van der Waals surface area contributed by atoms with Crippen molar-refractivity contribution >= 4 is 17.3 Å². The average Bonchev–Trinajstić information content (AvgIpc) is 2.28. The zero-order chi connectivity index (χ0) is 13.7. The van der Waals surface area contributed by atoms with Gasteiger partial charge in [-0.25, -0.2) is 4.39 Å². The van der Waals surface area contributed by atoms with Crippen LogP contribution in [0.5, 0.6) is 0 Å². The number of anilines is 1. The van der Waals surface area contributed by atoms with Gasteiger partial charge in [-0.3, -0.25) is 14.9 Å². The topological polar surface area (TPSA) is 92.5 Å². The van der Waals surface area contributed by atoms with Gasteiger partial charge in [-0.15, -0.1) is 0 Å². The van der Waals surface area contributed by atoms with Gasteiger partial charge in [0.1, 0.15) is 5.82 Å². The molecule has 0 aromatic heterocycles. The standard InChI is InChI=1S/C11H13FN2O4/c1-2-7(11(15)16)6-13-9-3-8(12)4-10(5-9)14(17)18/h3-5,7,13H,2,6H2,1H3,(H,15,16). The second-order valence-corrected chi connectivity index (χ2v) is 3.78. The van der Waals surface area contributed by atoms with E-state index in [1.54, 1.807) is 6.92 Å². The molecule has 0 aliphatic heterocycles. The average molecular weight is 256 g/mol. The first-order chi connectivity index (χ1) is 8.43. The Morgan fingerprint density at radius 1 is 1.56 bits per heavy atom. The first-order valence-electron chi connectivity index (χ1n) is 5.35. The Hall–Kier alpha value is -2.18. The van der Waals surface area contributed by atoms with Crippen molar-refractivity contribution in [2.24, 2.45) is 5.92 Å². The van der Waals surface area contributed by atoms with Crippen molar-refractivity contribution in [3.8, 4) is 0 Å². The summed E-state index contributed by atoms with van der Waals surface area (Å²) in [5, 5.41) is 22.0. The SMILES string of the molecule is CCC(CNc1cc(F)cc([N+](=O)[O-])c1)C(=O)O. The van der Waals surface area contributed by atoms with Crippen LogP contribution in [0, 0.1) is 21.8 Å². The molecule has 0 aliphatic carbocycles. The fourth-order valence-electron chi connectivity index (χ4n) is 1.43. The van der Waals surface area contributed by atoms with Gasteiger partial charge < -0.3 is 10.4 Å². The number of carboxylic acids is 1. The maximum absolute atomic E-state index is 13.1. The minimum absolute atomic E-state index is 0.0897. The summed E-state index contributed by atoms with van der Waals surface area (Å²) >= 11 is 0. The molecule has 1 rings (SSSR count). The van der Waals surface area contributed by atoms with Gasteiger partial charge in [0.2, 0.25) is 0 Å². The van der Waals surface area contributed by atoms with Gasteiger partial charge in [0, 0.05) is 18.3 Å². The molecule has 18 heavy (non-hydrogen) atoms. The number of halogens is 1. The summed E-state index contributed by atoms with van der Waals surface area (Å²) in [5.41, 5.74) is -0.178. The fourth-order valence-corrected chi connectivity index (χ4v) is 1.43. The Morgan fingerprint density at radius 3 is 2.72 bits per heavy atom. The number of benzene rings is 1. The molecule has 0 fully saturated rings. The summed E-state index contributed by atoms with van der Waals surface area (Å²) in [6.07, 6.45) is 0.416. The normalized spacial score (nSPS) is 11.9. The Balaban J connectivity index is 2.78. The molecule has 1 atom stereocenters. The number of carbonyl (C=O) groups is 1. The maximum atomic E-state index is 13.1. The lowest BCUT2D eigenvalue weighted by atomic mass is 10.1. The van der Waals surface area contributed by atoms with Crippen LogP contribution >= 0.6 is 0 Å². The van der Waals surface area contributed by atoms with Gasteiger partial charge in [0.05, 0.1) is 16.9 Å². The summed E-state index contributed by atoms with van der Waals surface area (Å²) in [4.78, 5) is 20.6. The minimum Gasteiger partial charge on any atom is -0.481 e. The van der Waals surface area contributed by atoms with E-state index >= 15 is 0 Å². The monoisotopic (exact) mass is 256 g/mol. The predicted molar refractivity (Wildman–Crippen MR) is 63.0 cm³/mol. The van der Waals surface area contributed by atoms with E-state index in [1.165, 1.54) is 0 Å². The highest BCUT2D eigenvalue weighted by Gasteiger charge is 2.15. The van der Waals surface area contributed by atoms with Gasteiger partial charge in [0.25, 0.3) is 5.69 Å². The van der Waals surface area contributed by atoms with Crippen LogP contribution in [0.4, 0.5) is 15.8 Å². The van der Waals surface area contributed by atoms with E-state index in [9.17, 15) is 19.3 Å². The molecule has 0 bridgehead atoms. The molecule has 0 saturated heterocycles. The first-order valence-corrected chi connectivity index (χ1v) is 5.35. The lowest BCUT2D eigenvalue weighted by Gasteiger charge is -2.12. The molecular weight excluding hydrogens is 243 g/mol. The number of hydrogen-bond acceptors (Lipinski definition) is 4. The predicted octanol–water partition coefficient (Wildman–Crippen LogP) is 2.26. The zero-order valence-electron chi connectivity index (χ0n) is 9.72. The summed E-state index contributed by atoms with van der Waals surface area (Å²) in [6.45, 7) is 1.81. The molecule has 0 spiro atoms.